The average Bonchev–Trinajstić information content (AvgIpc) is 2.83. The molecule has 3 rings (SSSR count). The first-order valence-corrected chi connectivity index (χ1v) is 11.7. The van der Waals surface area contributed by atoms with Crippen LogP contribution in [0.1, 0.15) is 45.6 Å². The molecular formula is C27H35N3O3. The Morgan fingerprint density at radius 3 is 2.27 bits per heavy atom. The molecule has 0 fully saturated rings. The van der Waals surface area contributed by atoms with Crippen molar-refractivity contribution in [3.63, 3.8) is 0 Å². The smallest absolute Gasteiger partial charge is 0.247 e. The topological polar surface area (TPSA) is 93.4 Å². The number of rotatable bonds is 9. The third-order valence-electron chi connectivity index (χ3n) is 6.07. The molecule has 4 N–H and O–H groups in total. The number of hydrogen-bond acceptors (Lipinski definition) is 4. The van der Waals surface area contributed by atoms with Gasteiger partial charge in [0.15, 0.2) is 0 Å². The third-order valence-corrected chi connectivity index (χ3v) is 6.07. The van der Waals surface area contributed by atoms with Crippen LogP contribution < -0.4 is 16.4 Å². The van der Waals surface area contributed by atoms with Gasteiger partial charge in [0.25, 0.3) is 0 Å². The molecule has 33 heavy (non-hydrogen) atoms. The van der Waals surface area contributed by atoms with Crippen molar-refractivity contribution >= 4 is 11.8 Å². The number of nitrogens with two attached hydrogens (primary N) is 1. The van der Waals surface area contributed by atoms with Crippen molar-refractivity contribution in [1.82, 2.24) is 10.6 Å². The second-order valence-corrected chi connectivity index (χ2v) is 8.57. The maximum Gasteiger partial charge on any atom is 0.247 e. The highest BCUT2D eigenvalue weighted by Crippen LogP contribution is 2.24. The van der Waals surface area contributed by atoms with Crippen molar-refractivity contribution in [1.29, 1.82) is 0 Å². The minimum atomic E-state index is -0.437. The number of carbonyl (C=O) groups is 2. The Labute approximate surface area is 196 Å². The Balaban J connectivity index is 1.67. The molecule has 6 nitrogen and oxygen atoms in total. The molecule has 1 aliphatic carbocycles. The minimum Gasteiger partial charge on any atom is -0.369 e. The van der Waals surface area contributed by atoms with Gasteiger partial charge in [0, 0.05) is 25.1 Å². The largest absolute Gasteiger partial charge is 0.369 e. The first-order valence-electron chi connectivity index (χ1n) is 11.7. The van der Waals surface area contributed by atoms with Crippen molar-refractivity contribution < 1.29 is 14.3 Å². The van der Waals surface area contributed by atoms with E-state index in [9.17, 15) is 9.59 Å². The molecule has 2 aromatic rings. The van der Waals surface area contributed by atoms with Crippen LogP contribution in [0.25, 0.3) is 11.1 Å². The predicted octanol–water partition coefficient (Wildman–Crippen LogP) is 3.71. The minimum absolute atomic E-state index is 0.0419. The van der Waals surface area contributed by atoms with E-state index in [1.165, 1.54) is 6.92 Å². The predicted molar refractivity (Wildman–Crippen MR) is 131 cm³/mol. The van der Waals surface area contributed by atoms with E-state index in [0.717, 1.165) is 29.5 Å². The van der Waals surface area contributed by atoms with E-state index in [0.29, 0.717) is 18.5 Å². The lowest BCUT2D eigenvalue weighted by Gasteiger charge is -2.36. The molecule has 0 spiro atoms. The summed E-state index contributed by atoms with van der Waals surface area (Å²) in [4.78, 5) is 24.6. The first-order chi connectivity index (χ1) is 15.9. The number of nitrogens with one attached hydrogen (secondary N) is 2. The van der Waals surface area contributed by atoms with Crippen LogP contribution in [-0.4, -0.2) is 36.1 Å². The second kappa shape index (κ2) is 11.8. The monoisotopic (exact) mass is 449 g/mol. The van der Waals surface area contributed by atoms with Gasteiger partial charge in [-0.15, -0.1) is 0 Å². The number of amides is 2. The average molecular weight is 450 g/mol. The molecule has 0 radical (unpaired) electrons. The van der Waals surface area contributed by atoms with E-state index in [2.05, 4.69) is 48.7 Å². The quantitative estimate of drug-likeness (QED) is 0.544. The summed E-state index contributed by atoms with van der Waals surface area (Å²) in [6.45, 7) is 6.01. The number of ether oxygens (including phenoxy) is 1. The standard InChI is InChI=1S/C27H35N3O3/c1-4-23(5-2)33-25-16-22(15-24(28)26(25)30-18(3)31)27(32)29-17-19-11-13-21(14-12-19)20-9-7-6-8-10-20/h6-14,16,23-26H,4-5,15,17,28H2,1-3H3,(H,29,32)(H,30,31)/t24-,25+,26+/m0/s1. The van der Waals surface area contributed by atoms with Crippen molar-refractivity contribution in [2.24, 2.45) is 5.73 Å². The Morgan fingerprint density at radius 1 is 1.03 bits per heavy atom. The summed E-state index contributed by atoms with van der Waals surface area (Å²) in [7, 11) is 0. The third kappa shape index (κ3) is 6.76. The fraction of sp³-hybridized carbons (Fsp3) is 0.407. The van der Waals surface area contributed by atoms with Crippen LogP contribution in [0.5, 0.6) is 0 Å². The van der Waals surface area contributed by atoms with Gasteiger partial charge in [-0.25, -0.2) is 0 Å². The normalized spacial score (nSPS) is 20.3. The molecule has 0 heterocycles. The molecule has 176 valence electrons. The molecule has 1 aliphatic rings. The zero-order valence-electron chi connectivity index (χ0n) is 19.7. The highest BCUT2D eigenvalue weighted by Gasteiger charge is 2.35. The Kier molecular flexibility index (Phi) is 8.80. The first kappa shape index (κ1) is 24.7. The molecule has 0 aromatic heterocycles. The summed E-state index contributed by atoms with van der Waals surface area (Å²) in [5, 5.41) is 5.91. The van der Waals surface area contributed by atoms with Crippen molar-refractivity contribution in [2.75, 3.05) is 0 Å². The Morgan fingerprint density at radius 2 is 1.67 bits per heavy atom. The summed E-state index contributed by atoms with van der Waals surface area (Å²) < 4.78 is 6.22. The van der Waals surface area contributed by atoms with Gasteiger partial charge in [0.1, 0.15) is 0 Å². The summed E-state index contributed by atoms with van der Waals surface area (Å²) in [6.07, 6.45) is 3.52. The zero-order valence-corrected chi connectivity index (χ0v) is 19.7. The highest BCUT2D eigenvalue weighted by atomic mass is 16.5. The molecule has 0 aliphatic heterocycles. The van der Waals surface area contributed by atoms with Gasteiger partial charge in [0.2, 0.25) is 11.8 Å². The van der Waals surface area contributed by atoms with Crippen molar-refractivity contribution in [3.05, 3.63) is 71.8 Å². The van der Waals surface area contributed by atoms with E-state index in [4.69, 9.17) is 10.5 Å². The molecular weight excluding hydrogens is 414 g/mol. The van der Waals surface area contributed by atoms with E-state index in [1.54, 1.807) is 0 Å². The van der Waals surface area contributed by atoms with E-state index in [1.807, 2.05) is 36.4 Å². The maximum atomic E-state index is 12.9. The molecule has 0 saturated heterocycles. The van der Waals surface area contributed by atoms with E-state index >= 15 is 0 Å². The second-order valence-electron chi connectivity index (χ2n) is 8.57. The lowest BCUT2D eigenvalue weighted by molar-refractivity contribution is -0.121. The lowest BCUT2D eigenvalue weighted by atomic mass is 9.87. The number of benzene rings is 2. The Bertz CT molecular complexity index is 952. The molecule has 0 unspecified atom stereocenters. The molecule has 0 saturated carbocycles. The summed E-state index contributed by atoms with van der Waals surface area (Å²) >= 11 is 0. The fourth-order valence-corrected chi connectivity index (χ4v) is 4.16. The van der Waals surface area contributed by atoms with Crippen LogP contribution in [0.4, 0.5) is 0 Å². The zero-order chi connectivity index (χ0) is 23.8. The molecule has 2 amide bonds. The number of carbonyl (C=O) groups excluding carboxylic acids is 2. The molecule has 0 bridgehead atoms. The van der Waals surface area contributed by atoms with E-state index < -0.39 is 12.1 Å². The van der Waals surface area contributed by atoms with Gasteiger partial charge in [-0.3, -0.25) is 9.59 Å². The van der Waals surface area contributed by atoms with Crippen LogP contribution in [0.15, 0.2) is 66.2 Å². The summed E-state index contributed by atoms with van der Waals surface area (Å²) in [5.41, 5.74) is 10.3. The van der Waals surface area contributed by atoms with Crippen LogP contribution >= 0.6 is 0 Å². The molecule has 2 aromatic carbocycles. The van der Waals surface area contributed by atoms with Gasteiger partial charge in [-0.2, -0.15) is 0 Å². The van der Waals surface area contributed by atoms with Crippen LogP contribution in [-0.2, 0) is 20.9 Å². The number of hydrogen-bond donors (Lipinski definition) is 3. The van der Waals surface area contributed by atoms with Crippen LogP contribution in [0.2, 0.25) is 0 Å². The van der Waals surface area contributed by atoms with Gasteiger partial charge in [0.05, 0.1) is 18.2 Å². The highest BCUT2D eigenvalue weighted by molar-refractivity contribution is 5.94. The summed E-state index contributed by atoms with van der Waals surface area (Å²) in [5.74, 6) is -0.314. The van der Waals surface area contributed by atoms with Crippen molar-refractivity contribution in [2.45, 2.75) is 70.9 Å². The van der Waals surface area contributed by atoms with Gasteiger partial charge in [-0.1, -0.05) is 68.4 Å². The lowest BCUT2D eigenvalue weighted by Crippen LogP contribution is -2.57. The molecule has 3 atom stereocenters. The maximum absolute atomic E-state index is 12.9. The molecule has 6 heteroatoms. The SMILES string of the molecule is CCC(CC)O[C@@H]1C=C(C(=O)NCc2ccc(-c3ccccc3)cc2)C[C@H](N)[C@H]1NC(C)=O. The van der Waals surface area contributed by atoms with Gasteiger partial charge in [-0.05, 0) is 42.0 Å². The van der Waals surface area contributed by atoms with Gasteiger partial charge >= 0.3 is 0 Å². The van der Waals surface area contributed by atoms with Crippen LogP contribution in [0.3, 0.4) is 0 Å². The van der Waals surface area contributed by atoms with Crippen molar-refractivity contribution in [3.8, 4) is 11.1 Å². The van der Waals surface area contributed by atoms with Gasteiger partial charge < -0.3 is 21.1 Å². The fourth-order valence-electron chi connectivity index (χ4n) is 4.16. The van der Waals surface area contributed by atoms with E-state index in [-0.39, 0.29) is 24.0 Å². The Hall–Kier alpha value is -2.96. The van der Waals surface area contributed by atoms with Crippen LogP contribution in [0, 0.1) is 0 Å². The summed E-state index contributed by atoms with van der Waals surface area (Å²) in [6, 6.07) is 17.6.